The standard InChI is InChI=1S/C17H25N3O4S2/c1-4-15(12-16(21)22)20(13-14-8-6-5-7-9-14)26-19(2)17(23)24-18-10-11-25-3/h5-10,15H,4,11-13H2,1-3H3,(H,21,22)/b18-10-. The van der Waals surface area contributed by atoms with Crippen LogP contribution in [0.5, 0.6) is 0 Å². The molecule has 7 nitrogen and oxygen atoms in total. The van der Waals surface area contributed by atoms with Gasteiger partial charge < -0.3 is 5.11 Å². The minimum atomic E-state index is -0.873. The zero-order valence-corrected chi connectivity index (χ0v) is 16.8. The van der Waals surface area contributed by atoms with E-state index in [4.69, 9.17) is 4.84 Å². The maximum atomic E-state index is 12.0. The van der Waals surface area contributed by atoms with Crippen LogP contribution < -0.4 is 0 Å². The summed E-state index contributed by atoms with van der Waals surface area (Å²) in [5, 5.41) is 12.8. The molecule has 1 amide bonds. The van der Waals surface area contributed by atoms with Gasteiger partial charge in [-0.15, -0.1) is 0 Å². The molecule has 0 aliphatic heterocycles. The molecule has 0 saturated carbocycles. The van der Waals surface area contributed by atoms with Crippen LogP contribution in [-0.4, -0.2) is 57.1 Å². The van der Waals surface area contributed by atoms with Gasteiger partial charge in [0.25, 0.3) is 0 Å². The van der Waals surface area contributed by atoms with Crippen LogP contribution in [0.2, 0.25) is 0 Å². The first-order valence-electron chi connectivity index (χ1n) is 8.13. The molecular formula is C17H25N3O4S2. The fourth-order valence-corrected chi connectivity index (χ4v) is 3.26. The normalized spacial score (nSPS) is 12.3. The number of carboxylic acid groups (broad SMARTS) is 1. The number of rotatable bonds is 11. The molecule has 1 aromatic rings. The van der Waals surface area contributed by atoms with Gasteiger partial charge in [0.2, 0.25) is 0 Å². The summed E-state index contributed by atoms with van der Waals surface area (Å²) < 4.78 is 3.19. The van der Waals surface area contributed by atoms with Crippen LogP contribution in [0.15, 0.2) is 35.5 Å². The number of hydrogen-bond donors (Lipinski definition) is 1. The van der Waals surface area contributed by atoms with Gasteiger partial charge in [-0.3, -0.25) is 9.63 Å². The summed E-state index contributed by atoms with van der Waals surface area (Å²) in [6, 6.07) is 9.47. The van der Waals surface area contributed by atoms with E-state index in [9.17, 15) is 14.7 Å². The van der Waals surface area contributed by atoms with Crippen molar-refractivity contribution in [3.8, 4) is 0 Å². The molecule has 0 heterocycles. The average Bonchev–Trinajstić information content (AvgIpc) is 2.63. The number of benzene rings is 1. The molecule has 1 atom stereocenters. The van der Waals surface area contributed by atoms with Crippen LogP contribution in [0.4, 0.5) is 4.79 Å². The van der Waals surface area contributed by atoms with E-state index in [1.807, 2.05) is 47.8 Å². The molecular weight excluding hydrogens is 374 g/mol. The molecule has 9 heteroatoms. The van der Waals surface area contributed by atoms with Crippen molar-refractivity contribution in [1.29, 1.82) is 0 Å². The summed E-state index contributed by atoms with van der Waals surface area (Å²) in [6.45, 7) is 2.43. The molecule has 0 aliphatic carbocycles. The molecule has 0 bridgehead atoms. The summed E-state index contributed by atoms with van der Waals surface area (Å²) in [4.78, 5) is 28.1. The van der Waals surface area contributed by atoms with Crippen LogP contribution >= 0.6 is 23.9 Å². The van der Waals surface area contributed by atoms with E-state index in [0.29, 0.717) is 18.7 Å². The summed E-state index contributed by atoms with van der Waals surface area (Å²) in [7, 11) is 1.57. The molecule has 1 N–H and O–H groups in total. The second-order valence-electron chi connectivity index (χ2n) is 5.40. The maximum Gasteiger partial charge on any atom is 0.446 e. The molecule has 0 saturated heterocycles. The van der Waals surface area contributed by atoms with Crippen molar-refractivity contribution in [2.24, 2.45) is 5.16 Å². The molecule has 144 valence electrons. The van der Waals surface area contributed by atoms with Crippen LogP contribution in [-0.2, 0) is 16.2 Å². The lowest BCUT2D eigenvalue weighted by atomic mass is 10.1. The second-order valence-corrected chi connectivity index (χ2v) is 7.49. The number of carbonyl (C=O) groups excluding carboxylic acids is 1. The Bertz CT molecular complexity index is 587. The summed E-state index contributed by atoms with van der Waals surface area (Å²) in [6.07, 6.45) is 3.45. The monoisotopic (exact) mass is 399 g/mol. The van der Waals surface area contributed by atoms with E-state index >= 15 is 0 Å². The highest BCUT2D eigenvalue weighted by molar-refractivity contribution is 7.99. The van der Waals surface area contributed by atoms with Crippen molar-refractivity contribution >= 4 is 42.2 Å². The van der Waals surface area contributed by atoms with Gasteiger partial charge in [0.15, 0.2) is 0 Å². The highest BCUT2D eigenvalue weighted by Gasteiger charge is 2.25. The highest BCUT2D eigenvalue weighted by Crippen LogP contribution is 2.25. The number of aliphatic carboxylic acids is 1. The fraction of sp³-hybridized carbons (Fsp3) is 0.471. The van der Waals surface area contributed by atoms with Gasteiger partial charge in [-0.25, -0.2) is 13.4 Å². The van der Waals surface area contributed by atoms with Gasteiger partial charge in [0, 0.05) is 37.5 Å². The Balaban J connectivity index is 2.79. The first kappa shape index (κ1) is 22.3. The average molecular weight is 400 g/mol. The fourth-order valence-electron chi connectivity index (χ4n) is 2.07. The first-order valence-corrected chi connectivity index (χ1v) is 10.3. The van der Waals surface area contributed by atoms with E-state index in [1.54, 1.807) is 18.8 Å². The third-order valence-electron chi connectivity index (χ3n) is 3.40. The van der Waals surface area contributed by atoms with Gasteiger partial charge in [-0.1, -0.05) is 42.4 Å². The van der Waals surface area contributed by atoms with E-state index in [2.05, 4.69) is 5.16 Å². The third kappa shape index (κ3) is 8.59. The number of thioether (sulfide) groups is 1. The molecule has 26 heavy (non-hydrogen) atoms. The van der Waals surface area contributed by atoms with E-state index in [-0.39, 0.29) is 12.5 Å². The Hall–Kier alpha value is -1.71. The molecule has 0 radical (unpaired) electrons. The Morgan fingerprint density at radius 2 is 2.04 bits per heavy atom. The third-order valence-corrected chi connectivity index (χ3v) is 4.91. The van der Waals surface area contributed by atoms with Gasteiger partial charge in [-0.05, 0) is 18.2 Å². The van der Waals surface area contributed by atoms with Crippen molar-refractivity contribution in [3.05, 3.63) is 35.9 Å². The van der Waals surface area contributed by atoms with Crippen molar-refractivity contribution < 1.29 is 19.5 Å². The van der Waals surface area contributed by atoms with E-state index < -0.39 is 12.1 Å². The van der Waals surface area contributed by atoms with Crippen molar-refractivity contribution in [2.45, 2.75) is 32.4 Å². The van der Waals surface area contributed by atoms with Crippen LogP contribution in [0, 0.1) is 0 Å². The predicted octanol–water partition coefficient (Wildman–Crippen LogP) is 3.72. The lowest BCUT2D eigenvalue weighted by Gasteiger charge is -2.31. The van der Waals surface area contributed by atoms with Crippen molar-refractivity contribution in [1.82, 2.24) is 8.61 Å². The number of carbonyl (C=O) groups is 2. The molecule has 0 fully saturated rings. The maximum absolute atomic E-state index is 12.0. The molecule has 0 aliphatic rings. The number of hydrogen-bond acceptors (Lipinski definition) is 7. The summed E-state index contributed by atoms with van der Waals surface area (Å²) >= 11 is 2.70. The Morgan fingerprint density at radius 3 is 2.62 bits per heavy atom. The van der Waals surface area contributed by atoms with Gasteiger partial charge in [0.05, 0.1) is 12.6 Å². The first-order chi connectivity index (χ1) is 12.5. The Kier molecular flexibility index (Phi) is 10.8. The highest BCUT2D eigenvalue weighted by atomic mass is 32.2. The quantitative estimate of drug-likeness (QED) is 0.263. The van der Waals surface area contributed by atoms with Crippen LogP contribution in [0.1, 0.15) is 25.3 Å². The molecule has 1 unspecified atom stereocenters. The minimum Gasteiger partial charge on any atom is -0.481 e. The van der Waals surface area contributed by atoms with Crippen LogP contribution in [0.25, 0.3) is 0 Å². The van der Waals surface area contributed by atoms with E-state index in [1.165, 1.54) is 10.5 Å². The van der Waals surface area contributed by atoms with Crippen molar-refractivity contribution in [2.75, 3.05) is 19.1 Å². The second kappa shape index (κ2) is 12.6. The zero-order valence-electron chi connectivity index (χ0n) is 15.2. The Morgan fingerprint density at radius 1 is 1.35 bits per heavy atom. The zero-order chi connectivity index (χ0) is 19.4. The van der Waals surface area contributed by atoms with Crippen molar-refractivity contribution in [3.63, 3.8) is 0 Å². The molecule has 1 rings (SSSR count). The molecule has 0 spiro atoms. The molecule has 1 aromatic carbocycles. The number of nitrogens with zero attached hydrogens (tertiary/aromatic N) is 3. The predicted molar refractivity (Wildman–Crippen MR) is 107 cm³/mol. The van der Waals surface area contributed by atoms with Crippen LogP contribution in [0.3, 0.4) is 0 Å². The van der Waals surface area contributed by atoms with E-state index in [0.717, 1.165) is 17.7 Å². The summed E-state index contributed by atoms with van der Waals surface area (Å²) in [5.74, 6) is -0.219. The SMILES string of the molecule is CCC(CC(=O)O)N(Cc1ccccc1)SN(C)C(=O)O/N=C\CSC. The number of carboxylic acids is 1. The summed E-state index contributed by atoms with van der Waals surface area (Å²) in [5.41, 5.74) is 1.03. The number of oxime groups is 1. The minimum absolute atomic E-state index is 0.00883. The lowest BCUT2D eigenvalue weighted by molar-refractivity contribution is -0.138. The topological polar surface area (TPSA) is 82.4 Å². The van der Waals surface area contributed by atoms with Gasteiger partial charge in [-0.2, -0.15) is 11.8 Å². The van der Waals surface area contributed by atoms with Gasteiger partial charge >= 0.3 is 12.1 Å². The largest absolute Gasteiger partial charge is 0.481 e. The smallest absolute Gasteiger partial charge is 0.446 e. The number of amides is 1. The molecule has 0 aromatic heterocycles. The van der Waals surface area contributed by atoms with Gasteiger partial charge in [0.1, 0.15) is 0 Å². The Labute approximate surface area is 163 Å². The lowest BCUT2D eigenvalue weighted by Crippen LogP contribution is -2.35.